The van der Waals surface area contributed by atoms with E-state index in [9.17, 15) is 13.5 Å². The standard InChI is InChI=1S/C20H35NO5S/c1-16(17-9-7-10-18(13-17)26-15-20(5,6)22)21-27(23,24)12-8-11-25-14-19(2,3)4/h7,9-10,13,16,21-22H,8,11-12,14-15H2,1-6H3/t16-/m1/s1. The van der Waals surface area contributed by atoms with Crippen molar-refractivity contribution in [1.29, 1.82) is 0 Å². The summed E-state index contributed by atoms with van der Waals surface area (Å²) in [6.07, 6.45) is 0.451. The van der Waals surface area contributed by atoms with Gasteiger partial charge in [0.15, 0.2) is 0 Å². The van der Waals surface area contributed by atoms with Crippen LogP contribution in [-0.2, 0) is 14.8 Å². The van der Waals surface area contributed by atoms with Crippen LogP contribution in [0.25, 0.3) is 0 Å². The fraction of sp³-hybridized carbons (Fsp3) is 0.700. The minimum atomic E-state index is -3.40. The van der Waals surface area contributed by atoms with Crippen LogP contribution in [0.1, 0.15) is 59.6 Å². The molecule has 0 aliphatic rings. The highest BCUT2D eigenvalue weighted by atomic mass is 32.2. The van der Waals surface area contributed by atoms with Gasteiger partial charge in [0.05, 0.1) is 18.0 Å². The Bertz CT molecular complexity index is 674. The highest BCUT2D eigenvalue weighted by molar-refractivity contribution is 7.89. The second-order valence-electron chi connectivity index (χ2n) is 8.80. The van der Waals surface area contributed by atoms with E-state index in [2.05, 4.69) is 25.5 Å². The van der Waals surface area contributed by atoms with Crippen molar-refractivity contribution in [2.75, 3.05) is 25.6 Å². The number of nitrogens with one attached hydrogen (secondary N) is 1. The molecule has 1 atom stereocenters. The van der Waals surface area contributed by atoms with Crippen molar-refractivity contribution in [3.63, 3.8) is 0 Å². The highest BCUT2D eigenvalue weighted by Crippen LogP contribution is 2.21. The van der Waals surface area contributed by atoms with Crippen molar-refractivity contribution in [3.8, 4) is 5.75 Å². The molecular weight excluding hydrogens is 366 g/mol. The summed E-state index contributed by atoms with van der Waals surface area (Å²) < 4.78 is 38.4. The Morgan fingerprint density at radius 2 is 1.81 bits per heavy atom. The molecule has 0 amide bonds. The van der Waals surface area contributed by atoms with Crippen molar-refractivity contribution in [1.82, 2.24) is 4.72 Å². The predicted octanol–water partition coefficient (Wildman–Crippen LogP) is 3.27. The first kappa shape index (κ1) is 23.9. The summed E-state index contributed by atoms with van der Waals surface area (Å²) in [5.74, 6) is 0.618. The van der Waals surface area contributed by atoms with Gasteiger partial charge in [-0.15, -0.1) is 0 Å². The summed E-state index contributed by atoms with van der Waals surface area (Å²) in [7, 11) is -3.40. The van der Waals surface area contributed by atoms with Gasteiger partial charge in [-0.05, 0) is 50.3 Å². The van der Waals surface area contributed by atoms with E-state index in [1.165, 1.54) is 0 Å². The van der Waals surface area contributed by atoms with Crippen LogP contribution in [0.5, 0.6) is 5.75 Å². The van der Waals surface area contributed by atoms with E-state index in [0.717, 1.165) is 5.56 Å². The summed E-state index contributed by atoms with van der Waals surface area (Å²) in [6, 6.07) is 6.83. The van der Waals surface area contributed by atoms with E-state index in [-0.39, 0.29) is 23.8 Å². The molecule has 1 rings (SSSR count). The third-order valence-corrected chi connectivity index (χ3v) is 5.08. The van der Waals surface area contributed by atoms with Crippen LogP contribution >= 0.6 is 0 Å². The summed E-state index contributed by atoms with van der Waals surface area (Å²) in [5.41, 5.74) is -0.0572. The normalized spacial score (nSPS) is 14.2. The molecule has 0 radical (unpaired) electrons. The molecule has 7 heteroatoms. The van der Waals surface area contributed by atoms with Gasteiger partial charge in [0.1, 0.15) is 12.4 Å². The van der Waals surface area contributed by atoms with Crippen LogP contribution < -0.4 is 9.46 Å². The third-order valence-electron chi connectivity index (χ3n) is 3.54. The highest BCUT2D eigenvalue weighted by Gasteiger charge is 2.18. The maximum absolute atomic E-state index is 12.3. The van der Waals surface area contributed by atoms with Crippen molar-refractivity contribution in [2.24, 2.45) is 5.41 Å². The smallest absolute Gasteiger partial charge is 0.212 e. The molecule has 0 saturated heterocycles. The zero-order chi connectivity index (χ0) is 20.7. The van der Waals surface area contributed by atoms with Gasteiger partial charge in [0, 0.05) is 12.6 Å². The second kappa shape index (κ2) is 9.87. The Kier molecular flexibility index (Phi) is 8.73. The minimum Gasteiger partial charge on any atom is -0.491 e. The molecule has 0 spiro atoms. The first-order valence-corrected chi connectivity index (χ1v) is 11.0. The van der Waals surface area contributed by atoms with Crippen LogP contribution in [-0.4, -0.2) is 44.7 Å². The lowest BCUT2D eigenvalue weighted by molar-refractivity contribution is 0.0284. The summed E-state index contributed by atoms with van der Waals surface area (Å²) in [4.78, 5) is 0. The van der Waals surface area contributed by atoms with Gasteiger partial charge < -0.3 is 14.6 Å². The van der Waals surface area contributed by atoms with Gasteiger partial charge in [0.25, 0.3) is 0 Å². The Balaban J connectivity index is 2.52. The molecule has 27 heavy (non-hydrogen) atoms. The molecule has 0 unspecified atom stereocenters. The molecule has 156 valence electrons. The Labute approximate surface area is 164 Å². The largest absolute Gasteiger partial charge is 0.491 e. The lowest BCUT2D eigenvalue weighted by atomic mass is 9.99. The molecule has 0 fully saturated rings. The average molecular weight is 402 g/mol. The summed E-state index contributed by atoms with van der Waals surface area (Å²) in [5, 5.41) is 9.75. The maximum atomic E-state index is 12.3. The SMILES string of the molecule is C[C@@H](NS(=O)(=O)CCCOCC(C)(C)C)c1cccc(OCC(C)(C)O)c1. The van der Waals surface area contributed by atoms with E-state index in [4.69, 9.17) is 9.47 Å². The van der Waals surface area contributed by atoms with Crippen molar-refractivity contribution >= 4 is 10.0 Å². The molecular formula is C20H35NO5S. The van der Waals surface area contributed by atoms with Gasteiger partial charge in [-0.3, -0.25) is 0 Å². The third kappa shape index (κ3) is 11.3. The lowest BCUT2D eigenvalue weighted by Crippen LogP contribution is -2.30. The maximum Gasteiger partial charge on any atom is 0.212 e. The predicted molar refractivity (Wildman–Crippen MR) is 108 cm³/mol. The van der Waals surface area contributed by atoms with Crippen LogP contribution in [0.4, 0.5) is 0 Å². The lowest BCUT2D eigenvalue weighted by Gasteiger charge is -2.19. The number of aliphatic hydroxyl groups is 1. The van der Waals surface area contributed by atoms with E-state index < -0.39 is 15.6 Å². The topological polar surface area (TPSA) is 84.9 Å². The molecule has 1 aromatic rings. The summed E-state index contributed by atoms with van der Waals surface area (Å²) in [6.45, 7) is 12.5. The van der Waals surface area contributed by atoms with Gasteiger partial charge >= 0.3 is 0 Å². The van der Waals surface area contributed by atoms with E-state index in [1.807, 2.05) is 6.07 Å². The monoisotopic (exact) mass is 401 g/mol. The van der Waals surface area contributed by atoms with E-state index in [0.29, 0.717) is 25.4 Å². The van der Waals surface area contributed by atoms with Gasteiger partial charge in [0.2, 0.25) is 10.0 Å². The number of ether oxygens (including phenoxy) is 2. The molecule has 0 aliphatic carbocycles. The number of hydrogen-bond donors (Lipinski definition) is 2. The minimum absolute atomic E-state index is 0.0242. The molecule has 0 aliphatic heterocycles. The first-order chi connectivity index (χ1) is 12.3. The van der Waals surface area contributed by atoms with Gasteiger partial charge in [-0.25, -0.2) is 13.1 Å². The van der Waals surface area contributed by atoms with Crippen LogP contribution in [0, 0.1) is 5.41 Å². The number of benzene rings is 1. The fourth-order valence-corrected chi connectivity index (χ4v) is 3.55. The van der Waals surface area contributed by atoms with Crippen molar-refractivity contribution in [2.45, 2.75) is 59.6 Å². The number of rotatable bonds is 11. The number of sulfonamides is 1. The Morgan fingerprint density at radius 3 is 2.41 bits per heavy atom. The van der Waals surface area contributed by atoms with Crippen LogP contribution in [0.15, 0.2) is 24.3 Å². The molecule has 1 aromatic carbocycles. The molecule has 2 N–H and O–H groups in total. The summed E-state index contributed by atoms with van der Waals surface area (Å²) >= 11 is 0. The van der Waals surface area contributed by atoms with Crippen molar-refractivity contribution in [3.05, 3.63) is 29.8 Å². The first-order valence-electron chi connectivity index (χ1n) is 9.30. The molecule has 0 heterocycles. The van der Waals surface area contributed by atoms with Gasteiger partial charge in [-0.2, -0.15) is 0 Å². The fourth-order valence-electron chi connectivity index (χ4n) is 2.26. The number of hydrogen-bond acceptors (Lipinski definition) is 5. The second-order valence-corrected chi connectivity index (χ2v) is 10.7. The molecule has 0 aromatic heterocycles. The Morgan fingerprint density at radius 1 is 1.15 bits per heavy atom. The average Bonchev–Trinajstić information content (AvgIpc) is 2.50. The Hall–Kier alpha value is -1.15. The van der Waals surface area contributed by atoms with Crippen LogP contribution in [0.3, 0.4) is 0 Å². The quantitative estimate of drug-likeness (QED) is 0.556. The molecule has 0 bridgehead atoms. The molecule has 0 saturated carbocycles. The van der Waals surface area contributed by atoms with Crippen LogP contribution in [0.2, 0.25) is 0 Å². The van der Waals surface area contributed by atoms with Crippen molar-refractivity contribution < 1.29 is 23.0 Å². The zero-order valence-corrected chi connectivity index (χ0v) is 18.2. The van der Waals surface area contributed by atoms with E-state index in [1.54, 1.807) is 39.0 Å². The molecule has 6 nitrogen and oxygen atoms in total. The van der Waals surface area contributed by atoms with E-state index >= 15 is 0 Å². The zero-order valence-electron chi connectivity index (χ0n) is 17.4. The van der Waals surface area contributed by atoms with Gasteiger partial charge in [-0.1, -0.05) is 32.9 Å².